The van der Waals surface area contributed by atoms with E-state index in [1.807, 2.05) is 56.3 Å². The molecule has 6 nitrogen and oxygen atoms in total. The largest absolute Gasteiger partial charge is 0.497 e. The highest BCUT2D eigenvalue weighted by Crippen LogP contribution is 2.35. The molecule has 0 fully saturated rings. The minimum atomic E-state index is -0.482. The fourth-order valence-corrected chi connectivity index (χ4v) is 3.40. The van der Waals surface area contributed by atoms with E-state index in [0.29, 0.717) is 27.9 Å². The number of carbonyl (C=O) groups is 1. The van der Waals surface area contributed by atoms with Crippen molar-refractivity contribution < 1.29 is 14.3 Å². The Kier molecular flexibility index (Phi) is 5.84. The lowest BCUT2D eigenvalue weighted by Crippen LogP contribution is -2.45. The molecule has 0 aliphatic carbocycles. The number of hydrogen-bond acceptors (Lipinski definition) is 4. The number of aryl methyl sites for hydroxylation is 1. The van der Waals surface area contributed by atoms with Gasteiger partial charge in [0.05, 0.1) is 25.8 Å². The summed E-state index contributed by atoms with van der Waals surface area (Å²) >= 11 is 5.32. The highest BCUT2D eigenvalue weighted by molar-refractivity contribution is 7.80. The van der Waals surface area contributed by atoms with E-state index >= 15 is 0 Å². The molecule has 0 saturated heterocycles. The Morgan fingerprint density at radius 3 is 2.43 bits per heavy atom. The van der Waals surface area contributed by atoms with Crippen LogP contribution in [0.2, 0.25) is 0 Å². The van der Waals surface area contributed by atoms with Crippen LogP contribution in [0.1, 0.15) is 24.1 Å². The molecule has 1 amide bonds. The highest BCUT2D eigenvalue weighted by atomic mass is 32.1. The number of allylic oxidation sites excluding steroid dienone is 1. The monoisotopic (exact) mass is 397 g/mol. The van der Waals surface area contributed by atoms with Gasteiger partial charge in [0, 0.05) is 16.9 Å². The molecule has 3 rings (SSSR count). The molecule has 146 valence electrons. The van der Waals surface area contributed by atoms with Crippen LogP contribution in [0.5, 0.6) is 11.5 Å². The van der Waals surface area contributed by atoms with Gasteiger partial charge in [-0.1, -0.05) is 17.7 Å². The lowest BCUT2D eigenvalue weighted by atomic mass is 9.94. The van der Waals surface area contributed by atoms with Crippen molar-refractivity contribution in [2.24, 2.45) is 0 Å². The van der Waals surface area contributed by atoms with Gasteiger partial charge in [0.2, 0.25) is 0 Å². The molecular weight excluding hydrogens is 374 g/mol. The summed E-state index contributed by atoms with van der Waals surface area (Å²) in [4.78, 5) is 13.1. The molecule has 2 aromatic carbocycles. The molecular formula is C21H23N3O3S. The zero-order valence-corrected chi connectivity index (χ0v) is 17.1. The Bertz CT molecular complexity index is 938. The van der Waals surface area contributed by atoms with Crippen LogP contribution in [-0.4, -0.2) is 25.2 Å². The Balaban J connectivity index is 2.01. The maximum Gasteiger partial charge on any atom is 0.255 e. The molecule has 1 atom stereocenters. The number of anilines is 1. The van der Waals surface area contributed by atoms with Gasteiger partial charge in [-0.3, -0.25) is 4.79 Å². The topological polar surface area (TPSA) is 71.6 Å². The van der Waals surface area contributed by atoms with Gasteiger partial charge in [-0.25, -0.2) is 0 Å². The number of methoxy groups -OCH3 is 2. The molecule has 0 radical (unpaired) electrons. The van der Waals surface area contributed by atoms with Crippen molar-refractivity contribution in [3.8, 4) is 11.5 Å². The van der Waals surface area contributed by atoms with E-state index < -0.39 is 6.04 Å². The first kappa shape index (κ1) is 19.7. The molecule has 1 aliphatic rings. The first-order valence-corrected chi connectivity index (χ1v) is 9.22. The number of hydrogen-bond donors (Lipinski definition) is 3. The summed E-state index contributed by atoms with van der Waals surface area (Å²) in [6, 6.07) is 12.6. The first-order chi connectivity index (χ1) is 13.4. The van der Waals surface area contributed by atoms with Crippen LogP contribution in [0.15, 0.2) is 53.7 Å². The number of benzene rings is 2. The molecule has 0 spiro atoms. The molecule has 7 heteroatoms. The van der Waals surface area contributed by atoms with Gasteiger partial charge in [-0.15, -0.1) is 0 Å². The number of ether oxygens (including phenoxy) is 2. The Morgan fingerprint density at radius 2 is 1.79 bits per heavy atom. The van der Waals surface area contributed by atoms with Crippen molar-refractivity contribution in [2.45, 2.75) is 19.9 Å². The summed E-state index contributed by atoms with van der Waals surface area (Å²) < 4.78 is 10.9. The zero-order valence-electron chi connectivity index (χ0n) is 16.3. The minimum Gasteiger partial charge on any atom is -0.497 e. The summed E-state index contributed by atoms with van der Waals surface area (Å²) in [5, 5.41) is 9.62. The molecule has 0 aromatic heterocycles. The normalized spacial score (nSPS) is 16.1. The Labute approximate surface area is 169 Å². The molecule has 1 unspecified atom stereocenters. The van der Waals surface area contributed by atoms with Crippen molar-refractivity contribution in [2.75, 3.05) is 19.5 Å². The van der Waals surface area contributed by atoms with Crippen LogP contribution in [0.25, 0.3) is 0 Å². The van der Waals surface area contributed by atoms with Gasteiger partial charge in [-0.2, -0.15) is 0 Å². The highest BCUT2D eigenvalue weighted by Gasteiger charge is 2.32. The Hall–Kier alpha value is -3.06. The second-order valence-corrected chi connectivity index (χ2v) is 6.91. The SMILES string of the molecule is COc1ccc(OC)c(C2NC(=S)NC(C)=C2C(=O)Nc2ccc(C)cc2)c1. The number of carbonyl (C=O) groups excluding carboxylic acids is 1. The van der Waals surface area contributed by atoms with E-state index in [-0.39, 0.29) is 5.91 Å². The van der Waals surface area contributed by atoms with Crippen LogP contribution in [0, 0.1) is 6.92 Å². The second-order valence-electron chi connectivity index (χ2n) is 6.50. The standard InChI is InChI=1S/C21H23N3O3S/c1-12-5-7-14(8-6-12)23-20(25)18-13(2)22-21(28)24-19(18)16-11-15(26-3)9-10-17(16)27-4/h5-11,19H,1-4H3,(H,23,25)(H2,22,24,28). The average Bonchev–Trinajstić information content (AvgIpc) is 2.68. The van der Waals surface area contributed by atoms with E-state index in [0.717, 1.165) is 16.8 Å². The number of amides is 1. The van der Waals surface area contributed by atoms with Crippen molar-refractivity contribution in [3.05, 3.63) is 64.9 Å². The molecule has 0 bridgehead atoms. The van der Waals surface area contributed by atoms with E-state index in [4.69, 9.17) is 21.7 Å². The van der Waals surface area contributed by atoms with Gasteiger partial charge in [-0.05, 0) is 56.4 Å². The molecule has 3 N–H and O–H groups in total. The van der Waals surface area contributed by atoms with Crippen molar-refractivity contribution in [1.29, 1.82) is 0 Å². The lowest BCUT2D eigenvalue weighted by Gasteiger charge is -2.31. The summed E-state index contributed by atoms with van der Waals surface area (Å²) in [6.07, 6.45) is 0. The maximum absolute atomic E-state index is 13.1. The Morgan fingerprint density at radius 1 is 1.07 bits per heavy atom. The predicted octanol–water partition coefficient (Wildman–Crippen LogP) is 3.44. The molecule has 2 aromatic rings. The fraction of sp³-hybridized carbons (Fsp3) is 0.238. The third-order valence-electron chi connectivity index (χ3n) is 4.57. The van der Waals surface area contributed by atoms with Crippen LogP contribution in [0.4, 0.5) is 5.69 Å². The fourth-order valence-electron chi connectivity index (χ4n) is 3.13. The quantitative estimate of drug-likeness (QED) is 0.672. The van der Waals surface area contributed by atoms with Crippen molar-refractivity contribution >= 4 is 28.9 Å². The van der Waals surface area contributed by atoms with Gasteiger partial charge in [0.25, 0.3) is 5.91 Å². The number of nitrogens with one attached hydrogen (secondary N) is 3. The van der Waals surface area contributed by atoms with Crippen molar-refractivity contribution in [1.82, 2.24) is 10.6 Å². The molecule has 0 saturated carbocycles. The van der Waals surface area contributed by atoms with Crippen LogP contribution in [-0.2, 0) is 4.79 Å². The van der Waals surface area contributed by atoms with Gasteiger partial charge >= 0.3 is 0 Å². The first-order valence-electron chi connectivity index (χ1n) is 8.81. The third kappa shape index (κ3) is 4.09. The third-order valence-corrected chi connectivity index (χ3v) is 4.79. The second kappa shape index (κ2) is 8.31. The van der Waals surface area contributed by atoms with Gasteiger partial charge in [0.1, 0.15) is 11.5 Å². The average molecular weight is 398 g/mol. The molecule has 1 heterocycles. The lowest BCUT2D eigenvalue weighted by molar-refractivity contribution is -0.113. The van der Waals surface area contributed by atoms with E-state index in [1.165, 1.54) is 0 Å². The summed E-state index contributed by atoms with van der Waals surface area (Å²) in [5.74, 6) is 1.08. The molecule has 1 aliphatic heterocycles. The van der Waals surface area contributed by atoms with Crippen LogP contribution < -0.4 is 25.4 Å². The molecule has 28 heavy (non-hydrogen) atoms. The summed E-state index contributed by atoms with van der Waals surface area (Å²) in [6.45, 7) is 3.83. The van der Waals surface area contributed by atoms with Gasteiger partial charge < -0.3 is 25.4 Å². The predicted molar refractivity (Wildman–Crippen MR) is 114 cm³/mol. The number of rotatable bonds is 5. The smallest absolute Gasteiger partial charge is 0.255 e. The maximum atomic E-state index is 13.1. The minimum absolute atomic E-state index is 0.223. The van der Waals surface area contributed by atoms with Gasteiger partial charge in [0.15, 0.2) is 5.11 Å². The number of thiocarbonyl (C=S) groups is 1. The van der Waals surface area contributed by atoms with E-state index in [9.17, 15) is 4.79 Å². The zero-order chi connectivity index (χ0) is 20.3. The van der Waals surface area contributed by atoms with Crippen molar-refractivity contribution in [3.63, 3.8) is 0 Å². The summed E-state index contributed by atoms with van der Waals surface area (Å²) in [7, 11) is 3.19. The summed E-state index contributed by atoms with van der Waals surface area (Å²) in [5.41, 5.74) is 3.82. The van der Waals surface area contributed by atoms with E-state index in [1.54, 1.807) is 14.2 Å². The van der Waals surface area contributed by atoms with Crippen LogP contribution in [0.3, 0.4) is 0 Å². The van der Waals surface area contributed by atoms with Crippen LogP contribution >= 0.6 is 12.2 Å². The van der Waals surface area contributed by atoms with E-state index in [2.05, 4.69) is 16.0 Å².